The summed E-state index contributed by atoms with van der Waals surface area (Å²) in [5.74, 6) is 0.284. The first-order chi connectivity index (χ1) is 12.7. The van der Waals surface area contributed by atoms with Crippen LogP contribution in [0.5, 0.6) is 5.75 Å². The summed E-state index contributed by atoms with van der Waals surface area (Å²) in [7, 11) is -0.829. The molecule has 7 nitrogen and oxygen atoms in total. The quantitative estimate of drug-likeness (QED) is 0.604. The molecule has 0 aliphatic carbocycles. The predicted molar refractivity (Wildman–Crippen MR) is 101 cm³/mol. The third-order valence-electron chi connectivity index (χ3n) is 4.43. The lowest BCUT2D eigenvalue weighted by Crippen LogP contribution is -2.19. The SMILES string of the molecule is CC(=O)CCc1ccc(OS(=O)(=O)c2ccc3c(c2)n(C)c(=O)n3C)cc1. The smallest absolute Gasteiger partial charge is 0.339 e. The summed E-state index contributed by atoms with van der Waals surface area (Å²) >= 11 is 0. The molecule has 2 aromatic carbocycles. The van der Waals surface area contributed by atoms with Crippen LogP contribution in [-0.4, -0.2) is 23.3 Å². The van der Waals surface area contributed by atoms with Crippen molar-refractivity contribution in [1.82, 2.24) is 9.13 Å². The van der Waals surface area contributed by atoms with Gasteiger partial charge in [-0.1, -0.05) is 12.1 Å². The number of Topliss-reactive ketones (excluding diaryl/α,β-unsaturated/α-hetero) is 1. The normalized spacial score (nSPS) is 11.7. The molecule has 142 valence electrons. The van der Waals surface area contributed by atoms with E-state index in [1.54, 1.807) is 44.4 Å². The highest BCUT2D eigenvalue weighted by Gasteiger charge is 2.19. The van der Waals surface area contributed by atoms with E-state index in [-0.39, 0.29) is 22.1 Å². The van der Waals surface area contributed by atoms with E-state index < -0.39 is 10.1 Å². The first-order valence-electron chi connectivity index (χ1n) is 8.37. The lowest BCUT2D eigenvalue weighted by molar-refractivity contribution is -0.116. The molecule has 0 fully saturated rings. The van der Waals surface area contributed by atoms with Gasteiger partial charge in [-0.25, -0.2) is 4.79 Å². The third-order valence-corrected chi connectivity index (χ3v) is 5.67. The third kappa shape index (κ3) is 3.80. The number of carbonyl (C=O) groups is 1. The molecule has 0 aliphatic rings. The summed E-state index contributed by atoms with van der Waals surface area (Å²) < 4.78 is 33.2. The van der Waals surface area contributed by atoms with Crippen molar-refractivity contribution in [2.75, 3.05) is 0 Å². The topological polar surface area (TPSA) is 87.4 Å². The molecule has 0 amide bonds. The van der Waals surface area contributed by atoms with Gasteiger partial charge >= 0.3 is 15.8 Å². The predicted octanol–water partition coefficient (Wildman–Crippen LogP) is 2.17. The van der Waals surface area contributed by atoms with Crippen molar-refractivity contribution in [2.45, 2.75) is 24.7 Å². The molecule has 0 unspecified atom stereocenters. The lowest BCUT2D eigenvalue weighted by atomic mass is 10.1. The van der Waals surface area contributed by atoms with Crippen LogP contribution in [0.15, 0.2) is 52.2 Å². The minimum Gasteiger partial charge on any atom is -0.379 e. The Morgan fingerprint density at radius 3 is 2.26 bits per heavy atom. The van der Waals surface area contributed by atoms with Crippen molar-refractivity contribution < 1.29 is 17.4 Å². The summed E-state index contributed by atoms with van der Waals surface area (Å²) in [6, 6.07) is 11.0. The molecular weight excluding hydrogens is 368 g/mol. The summed E-state index contributed by atoms with van der Waals surface area (Å²) in [5.41, 5.74) is 1.83. The van der Waals surface area contributed by atoms with Crippen LogP contribution in [0.4, 0.5) is 0 Å². The number of ketones is 1. The average Bonchev–Trinajstić information content (AvgIpc) is 2.85. The zero-order valence-corrected chi connectivity index (χ0v) is 16.1. The highest BCUT2D eigenvalue weighted by molar-refractivity contribution is 7.87. The summed E-state index contributed by atoms with van der Waals surface area (Å²) in [6.07, 6.45) is 1.04. The average molecular weight is 388 g/mol. The van der Waals surface area contributed by atoms with Crippen LogP contribution in [0.2, 0.25) is 0 Å². The van der Waals surface area contributed by atoms with Crippen molar-refractivity contribution in [1.29, 1.82) is 0 Å². The van der Waals surface area contributed by atoms with E-state index >= 15 is 0 Å². The Balaban J connectivity index is 1.86. The Bertz CT molecular complexity index is 1170. The standard InChI is InChI=1S/C19H20N2O5S/c1-13(22)4-5-14-6-8-15(9-7-14)26-27(24,25)16-10-11-17-18(12-16)21(3)19(23)20(17)2/h6-12H,4-5H2,1-3H3. The molecule has 0 radical (unpaired) electrons. The van der Waals surface area contributed by atoms with E-state index in [2.05, 4.69) is 0 Å². The van der Waals surface area contributed by atoms with Crippen LogP contribution < -0.4 is 9.87 Å². The van der Waals surface area contributed by atoms with Gasteiger partial charge in [-0.3, -0.25) is 9.13 Å². The molecule has 0 spiro atoms. The Kier molecular flexibility index (Phi) is 4.93. The maximum atomic E-state index is 12.6. The van der Waals surface area contributed by atoms with E-state index in [1.165, 1.54) is 28.2 Å². The fourth-order valence-electron chi connectivity index (χ4n) is 2.85. The second kappa shape index (κ2) is 7.03. The van der Waals surface area contributed by atoms with Gasteiger partial charge < -0.3 is 8.98 Å². The van der Waals surface area contributed by atoms with Gasteiger partial charge in [0.15, 0.2) is 0 Å². The van der Waals surface area contributed by atoms with Gasteiger partial charge in [-0.2, -0.15) is 8.42 Å². The van der Waals surface area contributed by atoms with E-state index in [4.69, 9.17) is 4.18 Å². The molecular formula is C19H20N2O5S. The molecule has 1 aromatic heterocycles. The van der Waals surface area contributed by atoms with Gasteiger partial charge in [-0.05, 0) is 49.2 Å². The fraction of sp³-hybridized carbons (Fsp3) is 0.263. The number of aryl methyl sites for hydroxylation is 3. The first kappa shape index (κ1) is 18.9. The molecule has 1 heterocycles. The fourth-order valence-corrected chi connectivity index (χ4v) is 3.80. The van der Waals surface area contributed by atoms with Gasteiger partial charge in [0.1, 0.15) is 16.4 Å². The highest BCUT2D eigenvalue weighted by Crippen LogP contribution is 2.22. The lowest BCUT2D eigenvalue weighted by Gasteiger charge is -2.08. The largest absolute Gasteiger partial charge is 0.379 e. The number of hydrogen-bond acceptors (Lipinski definition) is 5. The monoisotopic (exact) mass is 388 g/mol. The van der Waals surface area contributed by atoms with Crippen molar-refractivity contribution in [3.63, 3.8) is 0 Å². The van der Waals surface area contributed by atoms with Gasteiger partial charge in [0.25, 0.3) is 0 Å². The Morgan fingerprint density at radius 1 is 1.00 bits per heavy atom. The second-order valence-corrected chi connectivity index (χ2v) is 7.98. The molecule has 3 rings (SSSR count). The number of imidazole rings is 1. The summed E-state index contributed by atoms with van der Waals surface area (Å²) in [4.78, 5) is 23.0. The molecule has 27 heavy (non-hydrogen) atoms. The molecule has 0 aliphatic heterocycles. The maximum Gasteiger partial charge on any atom is 0.339 e. The Morgan fingerprint density at radius 2 is 1.63 bits per heavy atom. The molecule has 8 heteroatoms. The molecule has 0 atom stereocenters. The van der Waals surface area contributed by atoms with Crippen LogP contribution in [0.3, 0.4) is 0 Å². The van der Waals surface area contributed by atoms with Crippen molar-refractivity contribution in [3.8, 4) is 5.75 Å². The minimum atomic E-state index is -4.04. The van der Waals surface area contributed by atoms with Crippen LogP contribution in [0, 0.1) is 0 Å². The zero-order valence-electron chi connectivity index (χ0n) is 15.3. The number of carbonyl (C=O) groups excluding carboxylic acids is 1. The van der Waals surface area contributed by atoms with Gasteiger partial charge in [-0.15, -0.1) is 0 Å². The van der Waals surface area contributed by atoms with Gasteiger partial charge in [0.2, 0.25) is 0 Å². The molecule has 3 aromatic rings. The van der Waals surface area contributed by atoms with Gasteiger partial charge in [0, 0.05) is 20.5 Å². The first-order valence-corrected chi connectivity index (χ1v) is 9.78. The zero-order chi connectivity index (χ0) is 19.8. The van der Waals surface area contributed by atoms with Gasteiger partial charge in [0.05, 0.1) is 11.0 Å². The maximum absolute atomic E-state index is 12.6. The number of aromatic nitrogens is 2. The van der Waals surface area contributed by atoms with Crippen LogP contribution in [0.25, 0.3) is 11.0 Å². The Labute approximate surface area is 156 Å². The van der Waals surface area contributed by atoms with Crippen LogP contribution >= 0.6 is 0 Å². The molecule has 0 bridgehead atoms. The summed E-state index contributed by atoms with van der Waals surface area (Å²) in [5, 5.41) is 0. The highest BCUT2D eigenvalue weighted by atomic mass is 32.2. The number of benzene rings is 2. The number of nitrogens with zero attached hydrogens (tertiary/aromatic N) is 2. The number of rotatable bonds is 6. The van der Waals surface area contributed by atoms with Crippen molar-refractivity contribution >= 4 is 26.9 Å². The van der Waals surface area contributed by atoms with E-state index in [9.17, 15) is 18.0 Å². The molecule has 0 N–H and O–H groups in total. The number of hydrogen-bond donors (Lipinski definition) is 0. The van der Waals surface area contributed by atoms with E-state index in [0.29, 0.717) is 23.9 Å². The van der Waals surface area contributed by atoms with Crippen LogP contribution in [-0.2, 0) is 35.4 Å². The summed E-state index contributed by atoms with van der Waals surface area (Å²) in [6.45, 7) is 1.53. The second-order valence-electron chi connectivity index (χ2n) is 6.43. The molecule has 0 saturated heterocycles. The minimum absolute atomic E-state index is 0.0307. The van der Waals surface area contributed by atoms with E-state index in [1.807, 2.05) is 0 Å². The van der Waals surface area contributed by atoms with Crippen LogP contribution in [0.1, 0.15) is 18.9 Å². The van der Waals surface area contributed by atoms with Crippen molar-refractivity contribution in [2.24, 2.45) is 14.1 Å². The molecule has 0 saturated carbocycles. The van der Waals surface area contributed by atoms with Crippen molar-refractivity contribution in [3.05, 3.63) is 58.5 Å². The van der Waals surface area contributed by atoms with E-state index in [0.717, 1.165) is 5.56 Å². The number of fused-ring (bicyclic) bond motifs is 1. The Hall–Kier alpha value is -2.87.